The Kier molecular flexibility index (Phi) is 7.33. The van der Waals surface area contributed by atoms with E-state index in [4.69, 9.17) is 4.74 Å². The van der Waals surface area contributed by atoms with Crippen LogP contribution in [-0.2, 0) is 19.3 Å². The van der Waals surface area contributed by atoms with Gasteiger partial charge in [-0.05, 0) is 48.2 Å². The number of thioether (sulfide) groups is 1. The molecule has 0 aliphatic rings. The molecular weight excluding hydrogens is 468 g/mol. The van der Waals surface area contributed by atoms with Crippen molar-refractivity contribution in [1.29, 1.82) is 0 Å². The van der Waals surface area contributed by atoms with Crippen LogP contribution in [0, 0.1) is 0 Å². The third kappa shape index (κ3) is 4.77. The lowest BCUT2D eigenvalue weighted by Gasteiger charge is -2.14. The van der Waals surface area contributed by atoms with E-state index in [9.17, 15) is 15.0 Å². The molecule has 8 heteroatoms. The van der Waals surface area contributed by atoms with Crippen LogP contribution in [0.4, 0.5) is 0 Å². The van der Waals surface area contributed by atoms with Crippen molar-refractivity contribution in [3.63, 3.8) is 0 Å². The van der Waals surface area contributed by atoms with Crippen LogP contribution in [0.25, 0.3) is 10.9 Å². The lowest BCUT2D eigenvalue weighted by molar-refractivity contribution is 0.0698. The summed E-state index contributed by atoms with van der Waals surface area (Å²) in [6, 6.07) is 11.4. The second-order valence-corrected chi connectivity index (χ2v) is 9.18. The number of carboxylic acids is 1. The van der Waals surface area contributed by atoms with Crippen molar-refractivity contribution in [2.24, 2.45) is 7.05 Å². The second-order valence-electron chi connectivity index (χ2n) is 7.22. The first-order chi connectivity index (χ1) is 14.3. The molecule has 2 aromatic carbocycles. The normalized spacial score (nSPS) is 11.4. The number of ether oxygens (including phenoxy) is 1. The average Bonchev–Trinajstić information content (AvgIpc) is 2.98. The Morgan fingerprint density at radius 1 is 1.27 bits per heavy atom. The van der Waals surface area contributed by atoms with Gasteiger partial charge in [0, 0.05) is 41.7 Å². The molecule has 160 valence electrons. The fourth-order valence-corrected chi connectivity index (χ4v) is 4.79. The molecule has 0 spiro atoms. The van der Waals surface area contributed by atoms with E-state index in [1.807, 2.05) is 60.9 Å². The fraction of sp³-hybridized carbons (Fsp3) is 0.318. The topological polar surface area (TPSA) is 74.9 Å². The minimum absolute atomic E-state index is 0.0831. The maximum absolute atomic E-state index is 12.2. The number of aromatic nitrogens is 1. The molecular formula is C22H25BrN2O4S. The van der Waals surface area contributed by atoms with Crippen LogP contribution in [0.3, 0.4) is 0 Å². The average molecular weight is 493 g/mol. The molecule has 0 saturated heterocycles. The van der Waals surface area contributed by atoms with E-state index < -0.39 is 5.97 Å². The van der Waals surface area contributed by atoms with Gasteiger partial charge in [0.05, 0.1) is 22.2 Å². The van der Waals surface area contributed by atoms with Gasteiger partial charge in [-0.2, -0.15) is 11.8 Å². The highest BCUT2D eigenvalue weighted by Crippen LogP contribution is 2.40. The molecule has 1 heterocycles. The van der Waals surface area contributed by atoms with E-state index in [-0.39, 0.29) is 11.3 Å². The standard InChI is InChI=1S/C22H25BrN2O4S/c1-24(2)12-15-19-17(11-16(23)21(15)26)25(3)18(20(19)22(27)28)13-30-10-9-29-14-7-5-4-6-8-14/h4-8,11,26H,9-10,12-13H2,1-3H3,(H,27,28). The molecule has 2 N–H and O–H groups in total. The van der Waals surface area contributed by atoms with Gasteiger partial charge in [-0.1, -0.05) is 18.2 Å². The Morgan fingerprint density at radius 3 is 2.60 bits per heavy atom. The number of carbonyl (C=O) groups is 1. The third-order valence-corrected chi connectivity index (χ3v) is 6.34. The van der Waals surface area contributed by atoms with Crippen LogP contribution in [0.1, 0.15) is 21.6 Å². The van der Waals surface area contributed by atoms with Gasteiger partial charge in [0.25, 0.3) is 0 Å². The molecule has 0 amide bonds. The molecule has 0 aliphatic carbocycles. The van der Waals surface area contributed by atoms with Gasteiger partial charge >= 0.3 is 5.97 Å². The number of phenolic OH excluding ortho intramolecular Hbond substituents is 1. The quantitative estimate of drug-likeness (QED) is 0.421. The van der Waals surface area contributed by atoms with Crippen molar-refractivity contribution < 1.29 is 19.7 Å². The smallest absolute Gasteiger partial charge is 0.338 e. The predicted octanol–water partition coefficient (Wildman–Crippen LogP) is 4.72. The summed E-state index contributed by atoms with van der Waals surface area (Å²) in [4.78, 5) is 14.1. The Balaban J connectivity index is 1.87. The predicted molar refractivity (Wildman–Crippen MR) is 125 cm³/mol. The van der Waals surface area contributed by atoms with Crippen LogP contribution in [0.15, 0.2) is 40.9 Å². The Hall–Kier alpha value is -2.16. The number of phenols is 1. The number of nitrogens with zero attached hydrogens (tertiary/aromatic N) is 2. The van der Waals surface area contributed by atoms with E-state index in [0.717, 1.165) is 22.7 Å². The van der Waals surface area contributed by atoms with Gasteiger partial charge in [-0.15, -0.1) is 0 Å². The fourth-order valence-electron chi connectivity index (χ4n) is 3.45. The van der Waals surface area contributed by atoms with Crippen LogP contribution in [0.2, 0.25) is 0 Å². The number of rotatable bonds is 9. The minimum Gasteiger partial charge on any atom is -0.506 e. The maximum Gasteiger partial charge on any atom is 0.338 e. The number of hydrogen-bond acceptors (Lipinski definition) is 5. The molecule has 0 radical (unpaired) electrons. The summed E-state index contributed by atoms with van der Waals surface area (Å²) >= 11 is 5.03. The molecule has 1 aromatic heterocycles. The van der Waals surface area contributed by atoms with Crippen molar-refractivity contribution in [3.05, 3.63) is 57.7 Å². The number of fused-ring (bicyclic) bond motifs is 1. The Morgan fingerprint density at radius 2 is 1.97 bits per heavy atom. The summed E-state index contributed by atoms with van der Waals surface area (Å²) in [6.07, 6.45) is 0. The largest absolute Gasteiger partial charge is 0.506 e. The van der Waals surface area contributed by atoms with Gasteiger partial charge in [0.2, 0.25) is 0 Å². The summed E-state index contributed by atoms with van der Waals surface area (Å²) in [7, 11) is 5.65. The zero-order chi connectivity index (χ0) is 21.8. The summed E-state index contributed by atoms with van der Waals surface area (Å²) < 4.78 is 8.18. The first kappa shape index (κ1) is 22.5. The van der Waals surface area contributed by atoms with Crippen LogP contribution < -0.4 is 4.74 Å². The highest BCUT2D eigenvalue weighted by atomic mass is 79.9. The molecule has 0 bridgehead atoms. The van der Waals surface area contributed by atoms with E-state index in [1.54, 1.807) is 17.8 Å². The SMILES string of the molecule is CN(C)Cc1c(O)c(Br)cc2c1c(C(=O)O)c(CSCCOc1ccccc1)n2C. The highest BCUT2D eigenvalue weighted by Gasteiger charge is 2.26. The van der Waals surface area contributed by atoms with E-state index in [1.165, 1.54) is 0 Å². The molecule has 0 aliphatic heterocycles. The monoisotopic (exact) mass is 492 g/mol. The Labute approximate surface area is 188 Å². The van der Waals surface area contributed by atoms with Crippen LogP contribution in [0.5, 0.6) is 11.5 Å². The van der Waals surface area contributed by atoms with Gasteiger partial charge in [-0.3, -0.25) is 0 Å². The molecule has 6 nitrogen and oxygen atoms in total. The lowest BCUT2D eigenvalue weighted by Crippen LogP contribution is -2.12. The first-order valence-corrected chi connectivity index (χ1v) is 11.4. The maximum atomic E-state index is 12.2. The van der Waals surface area contributed by atoms with Crippen LogP contribution in [-0.4, -0.2) is 52.1 Å². The number of hydrogen-bond donors (Lipinski definition) is 2. The van der Waals surface area contributed by atoms with E-state index in [0.29, 0.717) is 34.3 Å². The van der Waals surface area contributed by atoms with Gasteiger partial charge in [0.1, 0.15) is 11.5 Å². The summed E-state index contributed by atoms with van der Waals surface area (Å²) in [5.41, 5.74) is 2.37. The number of carboxylic acid groups (broad SMARTS) is 1. The highest BCUT2D eigenvalue weighted by molar-refractivity contribution is 9.10. The summed E-state index contributed by atoms with van der Waals surface area (Å²) in [6.45, 7) is 0.975. The molecule has 3 rings (SSSR count). The van der Waals surface area contributed by atoms with Gasteiger partial charge in [0.15, 0.2) is 0 Å². The van der Waals surface area contributed by atoms with Gasteiger partial charge in [-0.25, -0.2) is 4.79 Å². The third-order valence-electron chi connectivity index (χ3n) is 4.80. The van der Waals surface area contributed by atoms with Crippen molar-refractivity contribution in [2.75, 3.05) is 26.5 Å². The van der Waals surface area contributed by atoms with Crippen LogP contribution >= 0.6 is 27.7 Å². The number of para-hydroxylation sites is 1. The molecule has 0 atom stereocenters. The zero-order valence-electron chi connectivity index (χ0n) is 17.2. The number of benzene rings is 2. The van der Waals surface area contributed by atoms with Crippen molar-refractivity contribution in [3.8, 4) is 11.5 Å². The molecule has 0 unspecified atom stereocenters. The number of aromatic hydroxyl groups is 1. The van der Waals surface area contributed by atoms with E-state index in [2.05, 4.69) is 15.9 Å². The molecule has 3 aromatic rings. The minimum atomic E-state index is -0.988. The molecule has 0 fully saturated rings. The zero-order valence-corrected chi connectivity index (χ0v) is 19.6. The van der Waals surface area contributed by atoms with E-state index >= 15 is 0 Å². The van der Waals surface area contributed by atoms with Crippen molar-refractivity contribution in [2.45, 2.75) is 12.3 Å². The van der Waals surface area contributed by atoms with Crippen molar-refractivity contribution >= 4 is 44.6 Å². The molecule has 0 saturated carbocycles. The number of aromatic carboxylic acids is 1. The number of aryl methyl sites for hydroxylation is 1. The lowest BCUT2D eigenvalue weighted by atomic mass is 10.0. The van der Waals surface area contributed by atoms with Crippen molar-refractivity contribution in [1.82, 2.24) is 9.47 Å². The summed E-state index contributed by atoms with van der Waals surface area (Å²) in [5.74, 6) is 1.18. The Bertz CT molecular complexity index is 1050. The summed E-state index contributed by atoms with van der Waals surface area (Å²) in [5, 5.41) is 21.2. The first-order valence-electron chi connectivity index (χ1n) is 9.46. The number of halogens is 1. The second kappa shape index (κ2) is 9.76. The van der Waals surface area contributed by atoms with Gasteiger partial charge < -0.3 is 24.4 Å². The molecule has 30 heavy (non-hydrogen) atoms.